The van der Waals surface area contributed by atoms with Gasteiger partial charge in [-0.2, -0.15) is 0 Å². The van der Waals surface area contributed by atoms with Crippen molar-refractivity contribution in [2.75, 3.05) is 11.9 Å². The second-order valence-electron chi connectivity index (χ2n) is 4.53. The summed E-state index contributed by atoms with van der Waals surface area (Å²) >= 11 is 9.30. The zero-order valence-corrected chi connectivity index (χ0v) is 13.3. The number of hydrogen-bond acceptors (Lipinski definition) is 2. The first-order valence-electron chi connectivity index (χ1n) is 6.31. The van der Waals surface area contributed by atoms with Gasteiger partial charge in [-0.15, -0.1) is 0 Å². The zero-order valence-electron chi connectivity index (χ0n) is 11.0. The van der Waals surface area contributed by atoms with Crippen molar-refractivity contribution in [3.63, 3.8) is 0 Å². The summed E-state index contributed by atoms with van der Waals surface area (Å²) in [6.45, 7) is 0.342. The molecule has 0 radical (unpaired) electrons. The molecule has 0 spiro atoms. The van der Waals surface area contributed by atoms with Crippen LogP contribution in [-0.2, 0) is 0 Å². The summed E-state index contributed by atoms with van der Waals surface area (Å²) in [5.74, 6) is 0. The molecule has 0 saturated carbocycles. The first-order chi connectivity index (χ1) is 10.0. The highest BCUT2D eigenvalue weighted by molar-refractivity contribution is 9.10. The number of benzene rings is 2. The van der Waals surface area contributed by atoms with Gasteiger partial charge in [-0.1, -0.05) is 35.9 Å². The molecule has 0 amide bonds. The fraction of sp³-hybridized carbons (Fsp3) is 0.200. The van der Waals surface area contributed by atoms with Crippen molar-refractivity contribution in [1.29, 1.82) is 0 Å². The molecule has 3 N–H and O–H groups in total. The quantitative estimate of drug-likeness (QED) is 0.758. The van der Waals surface area contributed by atoms with Gasteiger partial charge in [0.15, 0.2) is 0 Å². The molecule has 21 heavy (non-hydrogen) atoms. The highest BCUT2D eigenvalue weighted by Gasteiger charge is 2.12. The van der Waals surface area contributed by atoms with Crippen LogP contribution in [0.25, 0.3) is 0 Å². The number of nitrogens with one attached hydrogen (secondary N) is 1. The molecule has 0 fully saturated rings. The van der Waals surface area contributed by atoms with Crippen molar-refractivity contribution < 1.29 is 8.78 Å². The maximum Gasteiger partial charge on any atom is 0.263 e. The molecule has 0 heterocycles. The van der Waals surface area contributed by atoms with Crippen molar-refractivity contribution in [3.8, 4) is 0 Å². The normalized spacial score (nSPS) is 12.5. The maximum atomic E-state index is 12.6. The third kappa shape index (κ3) is 4.15. The van der Waals surface area contributed by atoms with Crippen molar-refractivity contribution in [2.24, 2.45) is 5.73 Å². The minimum Gasteiger partial charge on any atom is -0.377 e. The smallest absolute Gasteiger partial charge is 0.263 e. The minimum atomic E-state index is -2.46. The monoisotopic (exact) mass is 374 g/mol. The van der Waals surface area contributed by atoms with E-state index >= 15 is 0 Å². The molecular formula is C15H14BrClF2N2. The second kappa shape index (κ2) is 7.20. The van der Waals surface area contributed by atoms with Crippen molar-refractivity contribution in [2.45, 2.75) is 12.5 Å². The zero-order chi connectivity index (χ0) is 15.4. The summed E-state index contributed by atoms with van der Waals surface area (Å²) in [4.78, 5) is 0. The van der Waals surface area contributed by atoms with Crippen LogP contribution in [0.2, 0.25) is 5.02 Å². The highest BCUT2D eigenvalue weighted by atomic mass is 79.9. The van der Waals surface area contributed by atoms with E-state index in [-0.39, 0.29) is 11.6 Å². The average molecular weight is 376 g/mol. The lowest BCUT2D eigenvalue weighted by Crippen LogP contribution is -2.20. The average Bonchev–Trinajstić information content (AvgIpc) is 2.48. The fourth-order valence-corrected chi connectivity index (χ4v) is 2.44. The summed E-state index contributed by atoms with van der Waals surface area (Å²) in [7, 11) is 0. The SMILES string of the molecule is NCC(Nc1ccc(Cl)c(Br)c1)c1ccc(C(F)F)cc1. The topological polar surface area (TPSA) is 38.0 Å². The van der Waals surface area contributed by atoms with Gasteiger partial charge in [-0.3, -0.25) is 0 Å². The van der Waals surface area contributed by atoms with Crippen molar-refractivity contribution in [3.05, 3.63) is 63.1 Å². The van der Waals surface area contributed by atoms with Crippen LogP contribution in [-0.4, -0.2) is 6.54 Å². The predicted molar refractivity (Wildman–Crippen MR) is 86.0 cm³/mol. The van der Waals surface area contributed by atoms with E-state index in [9.17, 15) is 8.78 Å². The van der Waals surface area contributed by atoms with Gasteiger partial charge in [0, 0.05) is 22.3 Å². The van der Waals surface area contributed by atoms with Gasteiger partial charge in [-0.25, -0.2) is 8.78 Å². The molecule has 1 atom stereocenters. The van der Waals surface area contributed by atoms with E-state index in [4.69, 9.17) is 17.3 Å². The maximum absolute atomic E-state index is 12.6. The molecule has 2 aromatic rings. The molecule has 112 valence electrons. The molecule has 0 saturated heterocycles. The Bertz CT molecular complexity index is 605. The number of nitrogens with two attached hydrogens (primary N) is 1. The third-order valence-corrected chi connectivity index (χ3v) is 4.30. The summed E-state index contributed by atoms with van der Waals surface area (Å²) in [5.41, 5.74) is 7.48. The van der Waals surface area contributed by atoms with E-state index in [0.717, 1.165) is 15.7 Å². The minimum absolute atomic E-state index is 0.00348. The van der Waals surface area contributed by atoms with Crippen LogP contribution in [0.15, 0.2) is 46.9 Å². The summed E-state index contributed by atoms with van der Waals surface area (Å²) in [6, 6.07) is 11.5. The van der Waals surface area contributed by atoms with Gasteiger partial charge in [0.25, 0.3) is 6.43 Å². The number of hydrogen-bond donors (Lipinski definition) is 2. The largest absolute Gasteiger partial charge is 0.377 e. The molecule has 0 aromatic heterocycles. The summed E-state index contributed by atoms with van der Waals surface area (Å²) in [6.07, 6.45) is -2.46. The molecule has 1 unspecified atom stereocenters. The van der Waals surface area contributed by atoms with Crippen LogP contribution in [0, 0.1) is 0 Å². The molecule has 6 heteroatoms. The van der Waals surface area contributed by atoms with E-state index in [0.29, 0.717) is 11.6 Å². The Balaban J connectivity index is 2.17. The Morgan fingerprint density at radius 2 is 1.71 bits per heavy atom. The summed E-state index contributed by atoms with van der Waals surface area (Å²) in [5, 5.41) is 3.88. The van der Waals surface area contributed by atoms with E-state index in [2.05, 4.69) is 21.2 Å². The Hall–Kier alpha value is -1.17. The van der Waals surface area contributed by atoms with E-state index in [1.807, 2.05) is 12.1 Å². The van der Waals surface area contributed by atoms with Crippen LogP contribution in [0.3, 0.4) is 0 Å². The molecule has 2 nitrogen and oxygen atoms in total. The van der Waals surface area contributed by atoms with Crippen molar-refractivity contribution >= 4 is 33.2 Å². The first kappa shape index (κ1) is 16.2. The molecule has 0 aliphatic carbocycles. The van der Waals surface area contributed by atoms with Crippen LogP contribution in [0.5, 0.6) is 0 Å². The Kier molecular flexibility index (Phi) is 5.56. The predicted octanol–water partition coefficient (Wildman–Crippen LogP) is 5.15. The number of alkyl halides is 2. The lowest BCUT2D eigenvalue weighted by molar-refractivity contribution is 0.151. The number of anilines is 1. The van der Waals surface area contributed by atoms with Gasteiger partial charge >= 0.3 is 0 Å². The van der Waals surface area contributed by atoms with Crippen LogP contribution < -0.4 is 11.1 Å². The Morgan fingerprint density at radius 3 is 2.24 bits per heavy atom. The number of rotatable bonds is 5. The van der Waals surface area contributed by atoms with Gasteiger partial charge in [0.1, 0.15) is 0 Å². The van der Waals surface area contributed by atoms with E-state index < -0.39 is 6.43 Å². The van der Waals surface area contributed by atoms with Crippen molar-refractivity contribution in [1.82, 2.24) is 0 Å². The highest BCUT2D eigenvalue weighted by Crippen LogP contribution is 2.28. The lowest BCUT2D eigenvalue weighted by Gasteiger charge is -2.19. The van der Waals surface area contributed by atoms with Crippen LogP contribution in [0.1, 0.15) is 23.6 Å². The van der Waals surface area contributed by atoms with E-state index in [1.54, 1.807) is 18.2 Å². The van der Waals surface area contributed by atoms with Crippen LogP contribution in [0.4, 0.5) is 14.5 Å². The Morgan fingerprint density at radius 1 is 1.10 bits per heavy atom. The summed E-state index contributed by atoms with van der Waals surface area (Å²) < 4.78 is 25.9. The van der Waals surface area contributed by atoms with Gasteiger partial charge < -0.3 is 11.1 Å². The number of halogens is 4. The first-order valence-corrected chi connectivity index (χ1v) is 7.48. The van der Waals surface area contributed by atoms with Gasteiger partial charge in [-0.05, 0) is 39.7 Å². The molecule has 2 aromatic carbocycles. The van der Waals surface area contributed by atoms with Crippen LogP contribution >= 0.6 is 27.5 Å². The molecule has 0 aliphatic rings. The van der Waals surface area contributed by atoms with Gasteiger partial charge in [0.05, 0.1) is 11.1 Å². The fourth-order valence-electron chi connectivity index (χ4n) is 1.94. The molecular weight excluding hydrogens is 362 g/mol. The molecule has 2 rings (SSSR count). The molecule has 0 bridgehead atoms. The Labute approximate surface area is 135 Å². The molecule has 0 aliphatic heterocycles. The van der Waals surface area contributed by atoms with Gasteiger partial charge in [0.2, 0.25) is 0 Å². The standard InChI is InChI=1S/C15H14BrClF2N2/c16-12-7-11(5-6-13(12)17)21-14(8-20)9-1-3-10(4-2-9)15(18)19/h1-7,14-15,21H,8,20H2. The van der Waals surface area contributed by atoms with E-state index in [1.165, 1.54) is 12.1 Å². The third-order valence-electron chi connectivity index (χ3n) is 3.09. The second-order valence-corrected chi connectivity index (χ2v) is 5.79. The lowest BCUT2D eigenvalue weighted by atomic mass is 10.0.